The maximum Gasteiger partial charge on any atom is 0.0929 e. The summed E-state index contributed by atoms with van der Waals surface area (Å²) < 4.78 is 1.05. The van der Waals surface area contributed by atoms with E-state index in [1.54, 1.807) is 0 Å². The first kappa shape index (κ1) is 18.3. The lowest BCUT2D eigenvalue weighted by molar-refractivity contribution is -0.902. The summed E-state index contributed by atoms with van der Waals surface area (Å²) in [4.78, 5) is 0. The molecule has 0 radical (unpaired) electrons. The minimum Gasteiger partial charge on any atom is -0.872 e. The van der Waals surface area contributed by atoms with Crippen molar-refractivity contribution < 1.29 is 9.59 Å². The van der Waals surface area contributed by atoms with Crippen LogP contribution in [0.5, 0.6) is 5.75 Å². The van der Waals surface area contributed by atoms with E-state index in [-0.39, 0.29) is 16.6 Å². The summed E-state index contributed by atoms with van der Waals surface area (Å²) in [6.07, 6.45) is 3.42. The van der Waals surface area contributed by atoms with Crippen LogP contribution in [0.3, 0.4) is 0 Å². The molecular weight excluding hydrogens is 282 g/mol. The van der Waals surface area contributed by atoms with E-state index in [2.05, 4.69) is 67.8 Å². The van der Waals surface area contributed by atoms with Gasteiger partial charge in [0.2, 0.25) is 0 Å². The van der Waals surface area contributed by atoms with Gasteiger partial charge in [0.15, 0.2) is 0 Å². The fraction of sp³-hybridized carbons (Fsp3) is 0.714. The van der Waals surface area contributed by atoms with E-state index in [1.807, 2.05) is 0 Å². The molecule has 1 fully saturated rings. The smallest absolute Gasteiger partial charge is 0.0929 e. The summed E-state index contributed by atoms with van der Waals surface area (Å²) in [5.74, 6) is 0.275. The topological polar surface area (TPSA) is 23.1 Å². The number of likely N-dealkylation sites (N-methyl/N-ethyl adjacent to an activating group) is 1. The van der Waals surface area contributed by atoms with Crippen LogP contribution in [0.25, 0.3) is 0 Å². The van der Waals surface area contributed by atoms with E-state index in [1.165, 1.54) is 24.9 Å². The lowest BCUT2D eigenvalue weighted by atomic mass is 9.78. The second kappa shape index (κ2) is 5.81. The van der Waals surface area contributed by atoms with Gasteiger partial charge in [-0.05, 0) is 27.5 Å². The van der Waals surface area contributed by atoms with Crippen LogP contribution in [0.2, 0.25) is 0 Å². The Hall–Kier alpha value is -1.02. The molecule has 1 saturated heterocycles. The summed E-state index contributed by atoms with van der Waals surface area (Å²) in [5, 5.41) is 13.1. The van der Waals surface area contributed by atoms with Crippen molar-refractivity contribution in [3.05, 3.63) is 28.8 Å². The molecule has 0 spiro atoms. The number of hydrogen-bond acceptors (Lipinski definition) is 1. The van der Waals surface area contributed by atoms with Gasteiger partial charge in [0, 0.05) is 19.3 Å². The van der Waals surface area contributed by atoms with Gasteiger partial charge in [0.25, 0.3) is 0 Å². The Kier molecular flexibility index (Phi) is 4.62. The van der Waals surface area contributed by atoms with Gasteiger partial charge in [0.1, 0.15) is 0 Å². The molecule has 2 nitrogen and oxygen atoms in total. The molecule has 1 aliphatic rings. The Balaban J connectivity index is 2.50. The van der Waals surface area contributed by atoms with Crippen molar-refractivity contribution in [3.63, 3.8) is 0 Å². The average molecular weight is 318 g/mol. The van der Waals surface area contributed by atoms with Crippen molar-refractivity contribution in [2.24, 2.45) is 0 Å². The van der Waals surface area contributed by atoms with Crippen molar-refractivity contribution in [3.8, 4) is 5.75 Å². The fourth-order valence-electron chi connectivity index (χ4n) is 3.70. The maximum absolute atomic E-state index is 13.1. The third-order valence-corrected chi connectivity index (χ3v) is 5.56. The Morgan fingerprint density at radius 1 is 1.04 bits per heavy atom. The summed E-state index contributed by atoms with van der Waals surface area (Å²) in [6.45, 7) is 14.4. The Morgan fingerprint density at radius 2 is 1.65 bits per heavy atom. The van der Waals surface area contributed by atoms with Gasteiger partial charge in [-0.2, -0.15) is 0 Å². The van der Waals surface area contributed by atoms with Crippen LogP contribution >= 0.6 is 0 Å². The first-order chi connectivity index (χ1) is 10.3. The summed E-state index contributed by atoms with van der Waals surface area (Å²) in [7, 11) is 4.61. The molecule has 1 aromatic carbocycles. The molecule has 0 aromatic heterocycles. The van der Waals surface area contributed by atoms with Crippen molar-refractivity contribution in [1.82, 2.24) is 0 Å². The quantitative estimate of drug-likeness (QED) is 0.752. The normalized spacial score (nSPS) is 21.7. The molecule has 2 heteroatoms. The van der Waals surface area contributed by atoms with E-state index in [0.717, 1.165) is 22.0 Å². The second-order valence-corrected chi connectivity index (χ2v) is 10.0. The van der Waals surface area contributed by atoms with Crippen LogP contribution in [0.1, 0.15) is 71.1 Å². The molecule has 0 bridgehead atoms. The zero-order chi connectivity index (χ0) is 17.6. The van der Waals surface area contributed by atoms with Gasteiger partial charge in [-0.25, -0.2) is 0 Å². The monoisotopic (exact) mass is 317 g/mol. The third-order valence-electron chi connectivity index (χ3n) is 5.56. The maximum atomic E-state index is 13.1. The number of nitrogens with zero attached hydrogens (tertiary/aromatic N) is 1. The molecular formula is C21H35NO. The van der Waals surface area contributed by atoms with Crippen LogP contribution in [0.15, 0.2) is 12.1 Å². The highest BCUT2D eigenvalue weighted by molar-refractivity contribution is 5.48. The van der Waals surface area contributed by atoms with Gasteiger partial charge < -0.3 is 9.59 Å². The van der Waals surface area contributed by atoms with Crippen LogP contribution in [0.4, 0.5) is 0 Å². The minimum atomic E-state index is -0.104. The first-order valence-corrected chi connectivity index (χ1v) is 9.00. The van der Waals surface area contributed by atoms with Crippen LogP contribution in [-0.4, -0.2) is 31.2 Å². The highest BCUT2D eigenvalue weighted by Gasteiger charge is 2.34. The molecule has 1 aromatic rings. The largest absolute Gasteiger partial charge is 0.872 e. The van der Waals surface area contributed by atoms with Crippen molar-refractivity contribution in [2.45, 2.75) is 77.7 Å². The molecule has 0 aliphatic carbocycles. The van der Waals surface area contributed by atoms with E-state index < -0.39 is 0 Å². The summed E-state index contributed by atoms with van der Waals surface area (Å²) in [5.41, 5.74) is 3.26. The SMILES string of the molecule is CC(C)(C)c1cc(CC2CCC[N+]2(C)C)c([O-])c(C(C)(C)C)c1. The predicted molar refractivity (Wildman–Crippen MR) is 97.0 cm³/mol. The van der Waals surface area contributed by atoms with Crippen LogP contribution < -0.4 is 5.11 Å². The highest BCUT2D eigenvalue weighted by atomic mass is 16.3. The number of benzene rings is 1. The van der Waals surface area contributed by atoms with E-state index >= 15 is 0 Å². The van der Waals surface area contributed by atoms with Crippen molar-refractivity contribution in [1.29, 1.82) is 0 Å². The second-order valence-electron chi connectivity index (χ2n) is 10.0. The fourth-order valence-corrected chi connectivity index (χ4v) is 3.70. The third kappa shape index (κ3) is 3.91. The molecule has 1 heterocycles. The molecule has 0 amide bonds. The standard InChI is InChI=1S/C21H35NO/c1-20(2,3)16-12-15(13-17-10-9-11-22(17,7)8)19(23)18(14-16)21(4,5)6/h12,14,17H,9-11,13H2,1-8H3. The number of hydrogen-bond donors (Lipinski definition) is 0. The van der Waals surface area contributed by atoms with E-state index in [0.29, 0.717) is 6.04 Å². The highest BCUT2D eigenvalue weighted by Crippen LogP contribution is 2.38. The molecule has 0 saturated carbocycles. The number of likely N-dealkylation sites (tertiary alicyclic amines) is 1. The summed E-state index contributed by atoms with van der Waals surface area (Å²) >= 11 is 0. The van der Waals surface area contributed by atoms with Gasteiger partial charge in [-0.15, -0.1) is 5.75 Å². The summed E-state index contributed by atoms with van der Waals surface area (Å²) in [6, 6.07) is 4.92. The van der Waals surface area contributed by atoms with Gasteiger partial charge >= 0.3 is 0 Å². The number of quaternary nitrogens is 1. The molecule has 1 aliphatic heterocycles. The Morgan fingerprint density at radius 3 is 2.09 bits per heavy atom. The predicted octanol–water partition coefficient (Wildman–Crippen LogP) is 4.14. The van der Waals surface area contributed by atoms with Gasteiger partial charge in [0.05, 0.1) is 26.7 Å². The molecule has 2 rings (SSSR count). The first-order valence-electron chi connectivity index (χ1n) is 9.00. The van der Waals surface area contributed by atoms with Crippen molar-refractivity contribution in [2.75, 3.05) is 20.6 Å². The van der Waals surface area contributed by atoms with Crippen molar-refractivity contribution >= 4 is 0 Å². The minimum absolute atomic E-state index is 0.0719. The van der Waals surface area contributed by atoms with E-state index in [4.69, 9.17) is 0 Å². The lowest BCUT2D eigenvalue weighted by Gasteiger charge is -2.35. The molecule has 1 unspecified atom stereocenters. The molecule has 1 atom stereocenters. The van der Waals surface area contributed by atoms with Gasteiger partial charge in [-0.1, -0.05) is 53.7 Å². The van der Waals surface area contributed by atoms with Gasteiger partial charge in [-0.3, -0.25) is 0 Å². The zero-order valence-electron chi connectivity index (χ0n) is 16.4. The van der Waals surface area contributed by atoms with E-state index in [9.17, 15) is 5.11 Å². The lowest BCUT2D eigenvalue weighted by Crippen LogP contribution is -2.45. The molecule has 130 valence electrons. The Labute approximate surface area is 143 Å². The zero-order valence-corrected chi connectivity index (χ0v) is 16.4. The molecule has 0 N–H and O–H groups in total. The van der Waals surface area contributed by atoms with Crippen LogP contribution in [0, 0.1) is 0 Å². The average Bonchev–Trinajstić information content (AvgIpc) is 2.68. The van der Waals surface area contributed by atoms with Crippen LogP contribution in [-0.2, 0) is 17.3 Å². The number of rotatable bonds is 2. The Bertz CT molecular complexity index is 573. The molecule has 23 heavy (non-hydrogen) atoms.